The number of amides is 1. The number of hydrogen-bond donors (Lipinski definition) is 2. The number of nitrogens with one attached hydrogen (secondary N) is 2. The van der Waals surface area contributed by atoms with Crippen molar-refractivity contribution in [1.29, 1.82) is 0 Å². The highest BCUT2D eigenvalue weighted by atomic mass is 19.1. The maximum absolute atomic E-state index is 15.3. The van der Waals surface area contributed by atoms with Gasteiger partial charge in [-0.2, -0.15) is 5.10 Å². The van der Waals surface area contributed by atoms with E-state index in [1.165, 1.54) is 21.5 Å². The normalized spacial score (nSPS) is 13.4. The van der Waals surface area contributed by atoms with Crippen LogP contribution in [0.3, 0.4) is 0 Å². The molecule has 1 fully saturated rings. The number of aromatic amines is 1. The van der Waals surface area contributed by atoms with E-state index >= 15 is 4.39 Å². The van der Waals surface area contributed by atoms with Gasteiger partial charge in [0, 0.05) is 37.1 Å². The smallest absolute Gasteiger partial charge is 0.329 e. The molecule has 5 aromatic rings. The number of carbonyl (C=O) groups is 1. The molecule has 2 N–H and O–H groups in total. The van der Waals surface area contributed by atoms with E-state index in [1.54, 1.807) is 14.0 Å². The maximum Gasteiger partial charge on any atom is 0.329 e. The lowest BCUT2D eigenvalue weighted by molar-refractivity contribution is -0.116. The predicted molar refractivity (Wildman–Crippen MR) is 161 cm³/mol. The Hall–Kier alpha value is -4.97. The van der Waals surface area contributed by atoms with Crippen molar-refractivity contribution in [2.75, 3.05) is 36.5 Å². The zero-order valence-corrected chi connectivity index (χ0v) is 24.2. The van der Waals surface area contributed by atoms with Gasteiger partial charge < -0.3 is 19.7 Å². The van der Waals surface area contributed by atoms with Crippen molar-refractivity contribution in [3.63, 3.8) is 0 Å². The first-order valence-corrected chi connectivity index (χ1v) is 14.0. The molecule has 12 heteroatoms. The lowest BCUT2D eigenvalue weighted by atomic mass is 9.99. The van der Waals surface area contributed by atoms with Gasteiger partial charge in [0.1, 0.15) is 19.5 Å². The molecule has 1 aliphatic rings. The van der Waals surface area contributed by atoms with Gasteiger partial charge in [0.05, 0.1) is 24.2 Å². The van der Waals surface area contributed by atoms with Crippen molar-refractivity contribution in [1.82, 2.24) is 24.3 Å². The van der Waals surface area contributed by atoms with Crippen LogP contribution in [-0.2, 0) is 29.7 Å². The predicted octanol–water partition coefficient (Wildman–Crippen LogP) is 3.94. The minimum atomic E-state index is -0.535. The van der Waals surface area contributed by atoms with Crippen LogP contribution in [0.25, 0.3) is 22.2 Å². The number of nitrogens with zero attached hydrogens (tertiary/aromatic N) is 5. The van der Waals surface area contributed by atoms with Gasteiger partial charge in [-0.3, -0.25) is 19.0 Å². The summed E-state index contributed by atoms with van der Waals surface area (Å²) in [4.78, 5) is 32.8. The Balaban J connectivity index is 1.29. The molecule has 3 heterocycles. The monoisotopic (exact) mass is 585 g/mol. The van der Waals surface area contributed by atoms with Gasteiger partial charge in [0.2, 0.25) is 5.91 Å². The number of hydrogen-bond acceptors (Lipinski definition) is 7. The molecule has 11 nitrogen and oxygen atoms in total. The first-order valence-electron chi connectivity index (χ1n) is 14.0. The van der Waals surface area contributed by atoms with Gasteiger partial charge in [-0.25, -0.2) is 14.2 Å². The Kier molecular flexibility index (Phi) is 7.68. The number of fused-ring (bicyclic) bond motifs is 1. The number of aryl methyl sites for hydroxylation is 3. The van der Waals surface area contributed by atoms with E-state index in [4.69, 9.17) is 9.47 Å². The standard InChI is InChI=1S/C31H32FN7O4/c1-19-11-24(21-13-20(2)30(25(32)14-21)43-17-27-33-18-34-36-27)29-26(12-19)39(31(41)37(29)3)16-28(40)35-22-5-4-6-23(15-22)38-7-9-42-10-8-38/h4-6,11-15,18H,7-10,16-17H2,1-3H3,(H,35,40)(H,33,34,36). The van der Waals surface area contributed by atoms with Crippen LogP contribution in [0.5, 0.6) is 5.75 Å². The Bertz CT molecular complexity index is 1830. The molecule has 222 valence electrons. The summed E-state index contributed by atoms with van der Waals surface area (Å²) >= 11 is 0. The van der Waals surface area contributed by atoms with Crippen molar-refractivity contribution in [3.05, 3.63) is 88.1 Å². The molecule has 2 aromatic heterocycles. The zero-order valence-electron chi connectivity index (χ0n) is 24.2. The van der Waals surface area contributed by atoms with Crippen LogP contribution < -0.4 is 20.6 Å². The second-order valence-electron chi connectivity index (χ2n) is 10.6. The third kappa shape index (κ3) is 5.73. The molecule has 3 aromatic carbocycles. The summed E-state index contributed by atoms with van der Waals surface area (Å²) in [6.45, 7) is 6.42. The van der Waals surface area contributed by atoms with Crippen LogP contribution in [0.1, 0.15) is 17.0 Å². The Morgan fingerprint density at radius 1 is 1.14 bits per heavy atom. The van der Waals surface area contributed by atoms with E-state index in [0.717, 1.165) is 24.3 Å². The largest absolute Gasteiger partial charge is 0.482 e. The van der Waals surface area contributed by atoms with Crippen molar-refractivity contribution in [2.24, 2.45) is 7.05 Å². The zero-order chi connectivity index (χ0) is 30.1. The van der Waals surface area contributed by atoms with Gasteiger partial charge >= 0.3 is 5.69 Å². The van der Waals surface area contributed by atoms with Gasteiger partial charge in [-0.1, -0.05) is 6.07 Å². The average Bonchev–Trinajstić information content (AvgIpc) is 3.60. The number of imidazole rings is 1. The topological polar surface area (TPSA) is 119 Å². The van der Waals surface area contributed by atoms with Gasteiger partial charge in [-0.15, -0.1) is 0 Å². The number of halogens is 1. The minimum absolute atomic E-state index is 0.0444. The molecule has 0 radical (unpaired) electrons. The highest BCUT2D eigenvalue weighted by Crippen LogP contribution is 2.34. The number of benzene rings is 3. The summed E-state index contributed by atoms with van der Waals surface area (Å²) in [5, 5.41) is 9.40. The highest BCUT2D eigenvalue weighted by molar-refractivity contribution is 5.96. The van der Waals surface area contributed by atoms with E-state index in [1.807, 2.05) is 49.4 Å². The van der Waals surface area contributed by atoms with E-state index in [0.29, 0.717) is 52.4 Å². The van der Waals surface area contributed by atoms with Gasteiger partial charge in [0.25, 0.3) is 0 Å². The Morgan fingerprint density at radius 3 is 2.70 bits per heavy atom. The number of morpholine rings is 1. The second-order valence-corrected chi connectivity index (χ2v) is 10.6. The highest BCUT2D eigenvalue weighted by Gasteiger charge is 2.20. The molecule has 0 saturated carbocycles. The first-order chi connectivity index (χ1) is 20.8. The fourth-order valence-corrected chi connectivity index (χ4v) is 5.53. The molecule has 1 amide bonds. The molecule has 43 heavy (non-hydrogen) atoms. The molecule has 6 rings (SSSR count). The van der Waals surface area contributed by atoms with E-state index in [-0.39, 0.29) is 30.5 Å². The molecule has 0 atom stereocenters. The number of ether oxygens (including phenoxy) is 2. The lowest BCUT2D eigenvalue weighted by Gasteiger charge is -2.29. The van der Waals surface area contributed by atoms with Crippen LogP contribution in [-0.4, -0.2) is 56.5 Å². The van der Waals surface area contributed by atoms with Crippen molar-refractivity contribution >= 4 is 28.3 Å². The van der Waals surface area contributed by atoms with Crippen molar-refractivity contribution < 1.29 is 18.7 Å². The third-order valence-electron chi connectivity index (χ3n) is 7.54. The Morgan fingerprint density at radius 2 is 1.95 bits per heavy atom. The Labute approximate surface area is 246 Å². The van der Waals surface area contributed by atoms with Crippen molar-refractivity contribution in [3.8, 4) is 16.9 Å². The summed E-state index contributed by atoms with van der Waals surface area (Å²) in [7, 11) is 1.65. The lowest BCUT2D eigenvalue weighted by Crippen LogP contribution is -2.36. The molecular weight excluding hydrogens is 553 g/mol. The van der Waals surface area contributed by atoms with E-state index < -0.39 is 5.82 Å². The van der Waals surface area contributed by atoms with Crippen LogP contribution in [0.15, 0.2) is 59.7 Å². The molecule has 0 aliphatic carbocycles. The fraction of sp³-hybridized carbons (Fsp3) is 0.290. The quantitative estimate of drug-likeness (QED) is 0.283. The van der Waals surface area contributed by atoms with E-state index in [2.05, 4.69) is 25.4 Å². The van der Waals surface area contributed by atoms with E-state index in [9.17, 15) is 9.59 Å². The average molecular weight is 586 g/mol. The summed E-state index contributed by atoms with van der Waals surface area (Å²) < 4.78 is 29.4. The van der Waals surface area contributed by atoms with Crippen LogP contribution in [0.4, 0.5) is 15.8 Å². The summed E-state index contributed by atoms with van der Waals surface area (Å²) in [5.41, 5.74) is 5.22. The summed E-state index contributed by atoms with van der Waals surface area (Å²) in [6, 6.07) is 14.6. The fourth-order valence-electron chi connectivity index (χ4n) is 5.53. The number of carbonyl (C=O) groups excluding carboxylic acids is 1. The molecule has 1 aliphatic heterocycles. The molecule has 0 spiro atoms. The summed E-state index contributed by atoms with van der Waals surface area (Å²) in [5.74, 6) is -0.266. The number of H-pyrrole nitrogens is 1. The minimum Gasteiger partial charge on any atom is -0.482 e. The van der Waals surface area contributed by atoms with Crippen LogP contribution in [0.2, 0.25) is 0 Å². The molecular formula is C31H32FN7O4. The third-order valence-corrected chi connectivity index (χ3v) is 7.54. The molecule has 1 saturated heterocycles. The second kappa shape index (κ2) is 11.7. The SMILES string of the molecule is Cc1cc(-c2cc(C)c(OCc3ncn[nH]3)c(F)c2)c2c(c1)n(CC(=O)Nc1cccc(N3CCOCC3)c1)c(=O)n2C. The maximum atomic E-state index is 15.3. The summed E-state index contributed by atoms with van der Waals surface area (Å²) in [6.07, 6.45) is 1.36. The number of anilines is 2. The van der Waals surface area contributed by atoms with Crippen LogP contribution >= 0.6 is 0 Å². The molecule has 0 bridgehead atoms. The van der Waals surface area contributed by atoms with Gasteiger partial charge in [0.15, 0.2) is 17.4 Å². The molecule has 0 unspecified atom stereocenters. The van der Waals surface area contributed by atoms with Gasteiger partial charge in [-0.05, 0) is 73.0 Å². The first kappa shape index (κ1) is 28.2. The van der Waals surface area contributed by atoms with Crippen LogP contribution in [0, 0.1) is 19.7 Å². The van der Waals surface area contributed by atoms with Crippen molar-refractivity contribution in [2.45, 2.75) is 27.0 Å². The number of aromatic nitrogens is 5. The number of rotatable bonds is 8.